The number of ketones is 1. The number of methoxy groups -OCH3 is 1. The normalized spacial score (nSPS) is 26.1. The van der Waals surface area contributed by atoms with E-state index in [0.717, 1.165) is 10.5 Å². The molecular formula is C13H14F3NO2. The van der Waals surface area contributed by atoms with Crippen LogP contribution >= 0.6 is 0 Å². The first-order valence-electron chi connectivity index (χ1n) is 5.80. The Morgan fingerprint density at radius 1 is 1.32 bits per heavy atom. The number of rotatable bonds is 4. The van der Waals surface area contributed by atoms with Crippen molar-refractivity contribution in [1.82, 2.24) is 4.90 Å². The van der Waals surface area contributed by atoms with Crippen LogP contribution < -0.4 is 4.74 Å². The van der Waals surface area contributed by atoms with Crippen molar-refractivity contribution in [3.63, 3.8) is 0 Å². The maximum Gasteiger partial charge on any atom is 0.406 e. The molecule has 19 heavy (non-hydrogen) atoms. The van der Waals surface area contributed by atoms with Crippen molar-refractivity contribution in [1.29, 1.82) is 0 Å². The number of nitrogens with zero attached hydrogens (tertiary/aromatic N) is 1. The third-order valence-electron chi connectivity index (χ3n) is 3.20. The summed E-state index contributed by atoms with van der Waals surface area (Å²) in [5.74, 6) is 0.195. The van der Waals surface area contributed by atoms with Gasteiger partial charge in [-0.15, -0.1) is 0 Å². The van der Waals surface area contributed by atoms with Gasteiger partial charge < -0.3 is 4.74 Å². The molecule has 0 aliphatic carbocycles. The Balaban J connectivity index is 2.08. The summed E-state index contributed by atoms with van der Waals surface area (Å²) in [5, 5.41) is 0. The van der Waals surface area contributed by atoms with E-state index in [4.69, 9.17) is 4.74 Å². The molecule has 104 valence electrons. The van der Waals surface area contributed by atoms with E-state index in [2.05, 4.69) is 0 Å². The molecule has 3 unspecified atom stereocenters. The number of ether oxygens (including phenoxy) is 1. The molecule has 6 heteroatoms. The van der Waals surface area contributed by atoms with Gasteiger partial charge in [-0.2, -0.15) is 13.2 Å². The number of alkyl halides is 3. The third-order valence-corrected chi connectivity index (χ3v) is 3.20. The molecule has 2 rings (SSSR count). The van der Waals surface area contributed by atoms with Crippen LogP contribution in [-0.2, 0) is 11.3 Å². The molecule has 0 radical (unpaired) electrons. The van der Waals surface area contributed by atoms with E-state index < -0.39 is 24.0 Å². The molecule has 0 spiro atoms. The van der Waals surface area contributed by atoms with Crippen LogP contribution in [0.1, 0.15) is 12.5 Å². The fourth-order valence-electron chi connectivity index (χ4n) is 2.24. The molecule has 1 heterocycles. The van der Waals surface area contributed by atoms with Crippen LogP contribution in [0.25, 0.3) is 0 Å². The van der Waals surface area contributed by atoms with E-state index in [0.29, 0.717) is 5.75 Å². The maximum atomic E-state index is 12.7. The summed E-state index contributed by atoms with van der Waals surface area (Å²) in [6, 6.07) is 4.08. The largest absolute Gasteiger partial charge is 0.497 e. The molecule has 0 bridgehead atoms. The molecule has 0 saturated carbocycles. The number of hydrogen-bond acceptors (Lipinski definition) is 3. The molecule has 3 nitrogen and oxygen atoms in total. The molecule has 1 aliphatic heterocycles. The number of Topliss-reactive ketones (excluding diaryl/α,β-unsaturated/α-hetero) is 1. The van der Waals surface area contributed by atoms with Crippen LogP contribution in [0.3, 0.4) is 0 Å². The number of benzene rings is 1. The lowest BCUT2D eigenvalue weighted by molar-refractivity contribution is -0.139. The van der Waals surface area contributed by atoms with E-state index in [9.17, 15) is 18.0 Å². The molecule has 1 aromatic rings. The first-order chi connectivity index (χ1) is 8.84. The Bertz CT molecular complexity index is 470. The van der Waals surface area contributed by atoms with Gasteiger partial charge >= 0.3 is 6.18 Å². The predicted octanol–water partition coefficient (Wildman–Crippen LogP) is 2.40. The maximum absolute atomic E-state index is 12.7. The van der Waals surface area contributed by atoms with Gasteiger partial charge in [-0.25, -0.2) is 0 Å². The van der Waals surface area contributed by atoms with Crippen LogP contribution in [0.2, 0.25) is 0 Å². The highest BCUT2D eigenvalue weighted by atomic mass is 19.4. The Kier molecular flexibility index (Phi) is 3.54. The van der Waals surface area contributed by atoms with E-state index in [1.54, 1.807) is 24.3 Å². The van der Waals surface area contributed by atoms with Crippen LogP contribution in [0, 0.1) is 0 Å². The van der Waals surface area contributed by atoms with Crippen molar-refractivity contribution in [2.45, 2.75) is 31.7 Å². The Morgan fingerprint density at radius 2 is 1.89 bits per heavy atom. The summed E-state index contributed by atoms with van der Waals surface area (Å²) in [6.07, 6.45) is -4.36. The van der Waals surface area contributed by atoms with E-state index in [1.807, 2.05) is 0 Å². The molecule has 0 aromatic heterocycles. The van der Waals surface area contributed by atoms with Gasteiger partial charge in [-0.3, -0.25) is 9.69 Å². The quantitative estimate of drug-likeness (QED) is 0.789. The third kappa shape index (κ3) is 2.89. The number of halogens is 3. The average Bonchev–Trinajstić information content (AvgIpc) is 3.04. The van der Waals surface area contributed by atoms with Crippen LogP contribution in [-0.4, -0.2) is 36.1 Å². The van der Waals surface area contributed by atoms with Crippen molar-refractivity contribution >= 4 is 5.78 Å². The van der Waals surface area contributed by atoms with Crippen molar-refractivity contribution in [3.8, 4) is 5.75 Å². The van der Waals surface area contributed by atoms with Gasteiger partial charge in [0.05, 0.1) is 13.2 Å². The number of hydrogen-bond donors (Lipinski definition) is 0. The average molecular weight is 273 g/mol. The van der Waals surface area contributed by atoms with Crippen molar-refractivity contribution in [2.24, 2.45) is 0 Å². The second kappa shape index (κ2) is 4.85. The Labute approximate surface area is 109 Å². The van der Waals surface area contributed by atoms with Crippen LogP contribution in [0.5, 0.6) is 5.75 Å². The Morgan fingerprint density at radius 3 is 2.26 bits per heavy atom. The van der Waals surface area contributed by atoms with Gasteiger partial charge in [-0.1, -0.05) is 12.1 Å². The monoisotopic (exact) mass is 273 g/mol. The lowest BCUT2D eigenvalue weighted by Crippen LogP contribution is -2.22. The molecule has 1 saturated heterocycles. The molecular weight excluding hydrogens is 259 g/mol. The number of carbonyl (C=O) groups excluding carboxylic acids is 1. The summed E-state index contributed by atoms with van der Waals surface area (Å²) >= 11 is 0. The van der Waals surface area contributed by atoms with Gasteiger partial charge in [0, 0.05) is 6.54 Å². The van der Waals surface area contributed by atoms with Crippen LogP contribution in [0.4, 0.5) is 13.2 Å². The predicted molar refractivity (Wildman–Crippen MR) is 62.8 cm³/mol. The van der Waals surface area contributed by atoms with E-state index >= 15 is 0 Å². The highest BCUT2D eigenvalue weighted by Gasteiger charge is 2.64. The molecule has 1 fully saturated rings. The zero-order valence-corrected chi connectivity index (χ0v) is 10.6. The smallest absolute Gasteiger partial charge is 0.406 e. The minimum Gasteiger partial charge on any atom is -0.497 e. The summed E-state index contributed by atoms with van der Waals surface area (Å²) in [6.45, 7) is 1.30. The zero-order chi connectivity index (χ0) is 14.2. The standard InChI is InChI=1S/C13H14F3NO2/c1-8(18)11-12(13(14,15)16)17(11)7-9-3-5-10(19-2)6-4-9/h3-6,11-12H,7H2,1-2H3. The molecule has 1 aliphatic rings. The topological polar surface area (TPSA) is 29.3 Å². The molecule has 3 atom stereocenters. The summed E-state index contributed by atoms with van der Waals surface area (Å²) in [5.41, 5.74) is 0.721. The highest BCUT2D eigenvalue weighted by molar-refractivity contribution is 5.85. The first kappa shape index (κ1) is 13.9. The summed E-state index contributed by atoms with van der Waals surface area (Å²) in [7, 11) is 1.52. The van der Waals surface area contributed by atoms with Gasteiger partial charge in [-0.05, 0) is 24.6 Å². The second-order valence-electron chi connectivity index (χ2n) is 4.56. The zero-order valence-electron chi connectivity index (χ0n) is 10.6. The van der Waals surface area contributed by atoms with Crippen molar-refractivity contribution in [3.05, 3.63) is 29.8 Å². The van der Waals surface area contributed by atoms with Crippen molar-refractivity contribution in [2.75, 3.05) is 7.11 Å². The fraction of sp³-hybridized carbons (Fsp3) is 0.462. The Hall–Kier alpha value is -1.56. The van der Waals surface area contributed by atoms with Crippen LogP contribution in [0.15, 0.2) is 24.3 Å². The van der Waals surface area contributed by atoms with E-state index in [1.165, 1.54) is 14.0 Å². The highest BCUT2D eigenvalue weighted by Crippen LogP contribution is 2.42. The second-order valence-corrected chi connectivity index (χ2v) is 4.56. The SMILES string of the molecule is COc1ccc(CN2C(C(C)=O)C2C(F)(F)F)cc1. The molecule has 1 aromatic carbocycles. The minimum absolute atomic E-state index is 0.110. The molecule has 0 N–H and O–H groups in total. The van der Waals surface area contributed by atoms with Gasteiger partial charge in [0.2, 0.25) is 0 Å². The van der Waals surface area contributed by atoms with Gasteiger partial charge in [0.25, 0.3) is 0 Å². The lowest BCUT2D eigenvalue weighted by atomic mass is 10.2. The van der Waals surface area contributed by atoms with Gasteiger partial charge in [0.15, 0.2) is 0 Å². The molecule has 0 amide bonds. The number of carbonyl (C=O) groups is 1. The van der Waals surface area contributed by atoms with E-state index in [-0.39, 0.29) is 6.54 Å². The first-order valence-corrected chi connectivity index (χ1v) is 5.80. The minimum atomic E-state index is -4.36. The van der Waals surface area contributed by atoms with Gasteiger partial charge in [0.1, 0.15) is 17.6 Å². The fourth-order valence-corrected chi connectivity index (χ4v) is 2.24. The summed E-state index contributed by atoms with van der Waals surface area (Å²) < 4.78 is 43.1. The lowest BCUT2D eigenvalue weighted by Gasteiger charge is -2.07. The van der Waals surface area contributed by atoms with Crippen molar-refractivity contribution < 1.29 is 22.7 Å². The summed E-state index contributed by atoms with van der Waals surface area (Å²) in [4.78, 5) is 12.4.